The Kier molecular flexibility index (Phi) is 2.77. The number of fused-ring (bicyclic) bond motifs is 1. The first-order valence-corrected chi connectivity index (χ1v) is 6.55. The molecular weight excluding hydrogens is 230 g/mol. The van der Waals surface area contributed by atoms with Crippen molar-refractivity contribution in [3.8, 4) is 0 Å². The molecule has 0 N–H and O–H groups in total. The number of benzene rings is 1. The van der Waals surface area contributed by atoms with E-state index in [9.17, 15) is 4.79 Å². The minimum Gasteiger partial charge on any atom is -0.329 e. The largest absolute Gasteiger partial charge is 0.329 e. The first-order chi connectivity index (χ1) is 8.33. The van der Waals surface area contributed by atoms with Crippen LogP contribution in [0.5, 0.6) is 0 Å². The van der Waals surface area contributed by atoms with Crippen molar-refractivity contribution in [2.45, 2.75) is 17.4 Å². The molecule has 1 unspecified atom stereocenters. The highest BCUT2D eigenvalue weighted by atomic mass is 32.2. The molecule has 0 saturated carbocycles. The van der Waals surface area contributed by atoms with Crippen molar-refractivity contribution in [1.29, 1.82) is 0 Å². The van der Waals surface area contributed by atoms with E-state index < -0.39 is 0 Å². The summed E-state index contributed by atoms with van der Waals surface area (Å²) in [5.74, 6) is 0.143. The van der Waals surface area contributed by atoms with E-state index in [1.165, 1.54) is 4.90 Å². The number of nitrogens with zero attached hydrogens (tertiary/aromatic N) is 1. The van der Waals surface area contributed by atoms with Crippen molar-refractivity contribution in [3.63, 3.8) is 0 Å². The van der Waals surface area contributed by atoms with Crippen molar-refractivity contribution in [2.24, 2.45) is 0 Å². The van der Waals surface area contributed by atoms with E-state index in [4.69, 9.17) is 0 Å². The lowest BCUT2D eigenvalue weighted by molar-refractivity contribution is -0.126. The molecule has 2 aliphatic rings. The molecule has 0 bridgehead atoms. The second kappa shape index (κ2) is 4.41. The molecule has 3 rings (SSSR count). The molecule has 0 fully saturated rings. The van der Waals surface area contributed by atoms with E-state index in [0.29, 0.717) is 0 Å². The number of carbonyl (C=O) groups excluding carboxylic acids is 1. The number of rotatable bonds is 2. The maximum Gasteiger partial charge on any atom is 0.248 e. The fourth-order valence-electron chi connectivity index (χ4n) is 2.20. The molecule has 3 heteroatoms. The standard InChI is InChI=1S/C14H13NOS/c16-14-10-13(9-11-5-4-8-15(11)14)17-12-6-2-1-3-7-12/h1-7,10-11H,8-9H2. The highest BCUT2D eigenvalue weighted by molar-refractivity contribution is 8.03. The second-order valence-electron chi connectivity index (χ2n) is 4.22. The number of hydrogen-bond acceptors (Lipinski definition) is 2. The summed E-state index contributed by atoms with van der Waals surface area (Å²) >= 11 is 1.70. The van der Waals surface area contributed by atoms with Crippen LogP contribution in [0.15, 0.2) is 58.4 Å². The lowest BCUT2D eigenvalue weighted by Crippen LogP contribution is -2.37. The molecule has 1 aromatic carbocycles. The maximum absolute atomic E-state index is 11.9. The summed E-state index contributed by atoms with van der Waals surface area (Å²) in [4.78, 5) is 16.1. The minimum absolute atomic E-state index is 0.143. The summed E-state index contributed by atoms with van der Waals surface area (Å²) in [5.41, 5.74) is 0. The van der Waals surface area contributed by atoms with Gasteiger partial charge in [0.1, 0.15) is 0 Å². The first-order valence-electron chi connectivity index (χ1n) is 5.74. The Morgan fingerprint density at radius 1 is 1.24 bits per heavy atom. The summed E-state index contributed by atoms with van der Waals surface area (Å²) < 4.78 is 0. The third kappa shape index (κ3) is 2.15. The molecule has 2 aliphatic heterocycles. The molecule has 17 heavy (non-hydrogen) atoms. The van der Waals surface area contributed by atoms with E-state index in [0.717, 1.165) is 17.9 Å². The monoisotopic (exact) mass is 243 g/mol. The number of hydrogen-bond donors (Lipinski definition) is 0. The van der Waals surface area contributed by atoms with Crippen molar-refractivity contribution in [1.82, 2.24) is 4.90 Å². The summed E-state index contributed by atoms with van der Waals surface area (Å²) in [6.07, 6.45) is 6.94. The van der Waals surface area contributed by atoms with Crippen LogP contribution >= 0.6 is 11.8 Å². The molecule has 86 valence electrons. The lowest BCUT2D eigenvalue weighted by atomic mass is 10.1. The van der Waals surface area contributed by atoms with Gasteiger partial charge in [-0.25, -0.2) is 0 Å². The fraction of sp³-hybridized carbons (Fsp3) is 0.214. The zero-order valence-corrected chi connectivity index (χ0v) is 10.2. The van der Waals surface area contributed by atoms with Gasteiger partial charge < -0.3 is 4.90 Å². The Bertz CT molecular complexity index is 492. The summed E-state index contributed by atoms with van der Waals surface area (Å²) in [7, 11) is 0. The van der Waals surface area contributed by atoms with Gasteiger partial charge in [0.25, 0.3) is 0 Å². The lowest BCUT2D eigenvalue weighted by Gasteiger charge is -2.28. The Morgan fingerprint density at radius 2 is 2.06 bits per heavy atom. The van der Waals surface area contributed by atoms with Gasteiger partial charge in [-0.15, -0.1) is 0 Å². The zero-order chi connectivity index (χ0) is 11.7. The van der Waals surface area contributed by atoms with Crippen LogP contribution in [0.1, 0.15) is 6.42 Å². The van der Waals surface area contributed by atoms with E-state index in [1.807, 2.05) is 23.1 Å². The third-order valence-corrected chi connectivity index (χ3v) is 4.09. The van der Waals surface area contributed by atoms with Gasteiger partial charge in [0.2, 0.25) is 5.91 Å². The first kappa shape index (κ1) is 10.7. The minimum atomic E-state index is 0.143. The van der Waals surface area contributed by atoms with Crippen molar-refractivity contribution in [2.75, 3.05) is 6.54 Å². The molecule has 0 radical (unpaired) electrons. The van der Waals surface area contributed by atoms with Gasteiger partial charge in [-0.2, -0.15) is 0 Å². The van der Waals surface area contributed by atoms with E-state index >= 15 is 0 Å². The molecule has 0 aromatic heterocycles. The Labute approximate surface area is 105 Å². The Balaban J connectivity index is 1.78. The molecule has 1 atom stereocenters. The average Bonchev–Trinajstić information content (AvgIpc) is 2.79. The van der Waals surface area contributed by atoms with Crippen LogP contribution in [0.4, 0.5) is 0 Å². The number of amides is 1. The zero-order valence-electron chi connectivity index (χ0n) is 9.37. The van der Waals surface area contributed by atoms with E-state index in [2.05, 4.69) is 24.3 Å². The van der Waals surface area contributed by atoms with Crippen molar-refractivity contribution >= 4 is 17.7 Å². The average molecular weight is 243 g/mol. The van der Waals surface area contributed by atoms with Crippen LogP contribution in [0.2, 0.25) is 0 Å². The predicted octanol–water partition coefficient (Wildman–Crippen LogP) is 2.83. The summed E-state index contributed by atoms with van der Waals surface area (Å²) in [5, 5.41) is 0. The van der Waals surface area contributed by atoms with E-state index in [1.54, 1.807) is 17.8 Å². The third-order valence-electron chi connectivity index (χ3n) is 3.03. The van der Waals surface area contributed by atoms with Crippen LogP contribution in [-0.4, -0.2) is 23.4 Å². The van der Waals surface area contributed by atoms with Gasteiger partial charge in [0, 0.05) is 23.9 Å². The van der Waals surface area contributed by atoms with Gasteiger partial charge >= 0.3 is 0 Å². The van der Waals surface area contributed by atoms with Crippen LogP contribution in [0.3, 0.4) is 0 Å². The SMILES string of the molecule is O=C1C=C(Sc2ccccc2)CC2C=CCN12. The predicted molar refractivity (Wildman–Crippen MR) is 69.6 cm³/mol. The van der Waals surface area contributed by atoms with Crippen molar-refractivity contribution in [3.05, 3.63) is 53.5 Å². The van der Waals surface area contributed by atoms with Gasteiger partial charge in [-0.3, -0.25) is 4.79 Å². The molecule has 1 aromatic rings. The fourth-order valence-corrected chi connectivity index (χ4v) is 3.21. The number of thioether (sulfide) groups is 1. The smallest absolute Gasteiger partial charge is 0.248 e. The summed E-state index contributed by atoms with van der Waals surface area (Å²) in [6, 6.07) is 10.5. The molecule has 0 spiro atoms. The van der Waals surface area contributed by atoms with Crippen LogP contribution in [0, 0.1) is 0 Å². The molecular formula is C14H13NOS. The molecule has 0 saturated heterocycles. The number of carbonyl (C=O) groups is 1. The van der Waals surface area contributed by atoms with Gasteiger partial charge in [-0.1, -0.05) is 42.1 Å². The molecule has 1 amide bonds. The molecule has 2 heterocycles. The normalized spacial score (nSPS) is 22.6. The van der Waals surface area contributed by atoms with Crippen molar-refractivity contribution < 1.29 is 4.79 Å². The van der Waals surface area contributed by atoms with E-state index in [-0.39, 0.29) is 11.9 Å². The van der Waals surface area contributed by atoms with Crippen LogP contribution in [0.25, 0.3) is 0 Å². The Hall–Kier alpha value is -1.48. The maximum atomic E-state index is 11.9. The van der Waals surface area contributed by atoms with Crippen LogP contribution in [-0.2, 0) is 4.79 Å². The second-order valence-corrected chi connectivity index (χ2v) is 5.42. The van der Waals surface area contributed by atoms with Crippen LogP contribution < -0.4 is 0 Å². The highest BCUT2D eigenvalue weighted by Gasteiger charge is 2.28. The quantitative estimate of drug-likeness (QED) is 0.744. The molecule has 0 aliphatic carbocycles. The van der Waals surface area contributed by atoms with Gasteiger partial charge in [0.05, 0.1) is 6.04 Å². The Morgan fingerprint density at radius 3 is 2.88 bits per heavy atom. The highest BCUT2D eigenvalue weighted by Crippen LogP contribution is 2.34. The topological polar surface area (TPSA) is 20.3 Å². The summed E-state index contributed by atoms with van der Waals surface area (Å²) in [6.45, 7) is 0.767. The molecule has 2 nitrogen and oxygen atoms in total. The van der Waals surface area contributed by atoms with Gasteiger partial charge in [0.15, 0.2) is 0 Å². The van der Waals surface area contributed by atoms with Gasteiger partial charge in [-0.05, 0) is 17.0 Å².